The van der Waals surface area contributed by atoms with E-state index in [1.165, 1.54) is 17.3 Å². The second-order valence-corrected chi connectivity index (χ2v) is 7.83. The molecule has 1 N–H and O–H groups in total. The Morgan fingerprint density at radius 2 is 1.83 bits per heavy atom. The van der Waals surface area contributed by atoms with Gasteiger partial charge in [0.25, 0.3) is 0 Å². The van der Waals surface area contributed by atoms with Gasteiger partial charge in [0.1, 0.15) is 5.76 Å². The molecule has 0 atom stereocenters. The summed E-state index contributed by atoms with van der Waals surface area (Å²) in [6.45, 7) is 3.05. The van der Waals surface area contributed by atoms with Crippen LogP contribution in [0.5, 0.6) is 0 Å². The zero-order chi connectivity index (χ0) is 20.8. The van der Waals surface area contributed by atoms with Crippen LogP contribution < -0.4 is 5.32 Å². The molecular weight excluding hydrogens is 396 g/mol. The number of furan rings is 1. The zero-order valence-corrected chi connectivity index (χ0v) is 17.4. The molecule has 30 heavy (non-hydrogen) atoms. The maximum absolute atomic E-state index is 12.4. The summed E-state index contributed by atoms with van der Waals surface area (Å²) >= 11 is 1.37. The number of rotatable bonds is 8. The van der Waals surface area contributed by atoms with Crippen LogP contribution in [0.4, 0.5) is 0 Å². The predicted octanol–water partition coefficient (Wildman–Crippen LogP) is 4.30. The van der Waals surface area contributed by atoms with E-state index in [0.29, 0.717) is 18.2 Å². The van der Waals surface area contributed by atoms with E-state index in [-0.39, 0.29) is 11.7 Å². The van der Waals surface area contributed by atoms with Crippen molar-refractivity contribution in [1.82, 2.24) is 20.1 Å². The van der Waals surface area contributed by atoms with Crippen molar-refractivity contribution in [1.29, 1.82) is 0 Å². The third-order valence-corrected chi connectivity index (χ3v) is 5.55. The topological polar surface area (TPSA) is 73.0 Å². The molecule has 0 radical (unpaired) electrons. The molecule has 2 aromatic heterocycles. The lowest BCUT2D eigenvalue weighted by Crippen LogP contribution is -2.24. The van der Waals surface area contributed by atoms with Gasteiger partial charge in [-0.15, -0.1) is 10.2 Å². The minimum atomic E-state index is -0.0469. The van der Waals surface area contributed by atoms with Crippen molar-refractivity contribution in [3.05, 3.63) is 89.9 Å². The molecule has 4 rings (SSSR count). The lowest BCUT2D eigenvalue weighted by molar-refractivity contribution is -0.118. The van der Waals surface area contributed by atoms with Crippen molar-refractivity contribution in [3.8, 4) is 11.4 Å². The van der Waals surface area contributed by atoms with Crippen LogP contribution in [-0.4, -0.2) is 26.4 Å². The fraction of sp³-hybridized carbons (Fsp3) is 0.174. The van der Waals surface area contributed by atoms with Crippen molar-refractivity contribution < 1.29 is 9.21 Å². The average Bonchev–Trinajstić information content (AvgIpc) is 3.43. The number of carbonyl (C=O) groups excluding carboxylic acids is 1. The van der Waals surface area contributed by atoms with Gasteiger partial charge < -0.3 is 9.73 Å². The molecule has 1 amide bonds. The maximum Gasteiger partial charge on any atom is 0.230 e. The minimum Gasteiger partial charge on any atom is -0.467 e. The van der Waals surface area contributed by atoms with Gasteiger partial charge in [0.2, 0.25) is 5.91 Å². The molecule has 0 aliphatic rings. The van der Waals surface area contributed by atoms with E-state index >= 15 is 0 Å². The fourth-order valence-corrected chi connectivity index (χ4v) is 3.75. The summed E-state index contributed by atoms with van der Waals surface area (Å²) in [6.07, 6.45) is 1.65. The van der Waals surface area contributed by atoms with Crippen LogP contribution in [-0.2, 0) is 17.9 Å². The molecule has 0 saturated carbocycles. The molecular formula is C23H22N4O2S. The summed E-state index contributed by atoms with van der Waals surface area (Å²) in [6, 6.07) is 21.8. The Kier molecular flexibility index (Phi) is 6.29. The molecule has 2 aromatic carbocycles. The quantitative estimate of drug-likeness (QED) is 0.432. The molecule has 0 fully saturated rings. The first kappa shape index (κ1) is 20.0. The van der Waals surface area contributed by atoms with Gasteiger partial charge in [-0.3, -0.25) is 9.36 Å². The van der Waals surface area contributed by atoms with Crippen LogP contribution in [0.3, 0.4) is 0 Å². The lowest BCUT2D eigenvalue weighted by Gasteiger charge is -2.09. The molecule has 152 valence electrons. The monoisotopic (exact) mass is 418 g/mol. The van der Waals surface area contributed by atoms with Crippen molar-refractivity contribution in [2.75, 3.05) is 5.75 Å². The molecule has 4 aromatic rings. The Balaban J connectivity index is 1.44. The Morgan fingerprint density at radius 1 is 1.03 bits per heavy atom. The third kappa shape index (κ3) is 4.99. The second-order valence-electron chi connectivity index (χ2n) is 6.89. The normalized spacial score (nSPS) is 10.8. The largest absolute Gasteiger partial charge is 0.467 e. The van der Waals surface area contributed by atoms with Crippen LogP contribution in [0.25, 0.3) is 11.4 Å². The minimum absolute atomic E-state index is 0.0469. The Bertz CT molecular complexity index is 1090. The summed E-state index contributed by atoms with van der Waals surface area (Å²) in [7, 11) is 0. The highest BCUT2D eigenvalue weighted by Gasteiger charge is 2.16. The SMILES string of the molecule is Cc1ccc(CNC(=O)CSc2nnc(-c3ccccc3)n2Cc2ccco2)cc1. The number of carbonyl (C=O) groups is 1. The van der Waals surface area contributed by atoms with E-state index in [9.17, 15) is 4.79 Å². The molecule has 6 nitrogen and oxygen atoms in total. The third-order valence-electron chi connectivity index (χ3n) is 4.59. The van der Waals surface area contributed by atoms with E-state index in [1.807, 2.05) is 78.2 Å². The highest BCUT2D eigenvalue weighted by Crippen LogP contribution is 2.25. The van der Waals surface area contributed by atoms with E-state index in [1.54, 1.807) is 6.26 Å². The lowest BCUT2D eigenvalue weighted by atomic mass is 10.1. The number of hydrogen-bond acceptors (Lipinski definition) is 5. The van der Waals surface area contributed by atoms with Gasteiger partial charge in [-0.2, -0.15) is 0 Å². The second kappa shape index (κ2) is 9.45. The van der Waals surface area contributed by atoms with E-state index in [4.69, 9.17) is 4.42 Å². The van der Waals surface area contributed by atoms with Gasteiger partial charge in [-0.1, -0.05) is 71.9 Å². The molecule has 0 unspecified atom stereocenters. The highest BCUT2D eigenvalue weighted by molar-refractivity contribution is 7.99. The number of hydrogen-bond donors (Lipinski definition) is 1. The molecule has 0 bridgehead atoms. The van der Waals surface area contributed by atoms with Crippen molar-refractivity contribution in [2.45, 2.75) is 25.2 Å². The predicted molar refractivity (Wildman–Crippen MR) is 117 cm³/mol. The van der Waals surface area contributed by atoms with Crippen LogP contribution in [0, 0.1) is 6.92 Å². The van der Waals surface area contributed by atoms with Gasteiger partial charge in [-0.25, -0.2) is 0 Å². The number of nitrogens with zero attached hydrogens (tertiary/aromatic N) is 3. The Hall–Kier alpha value is -3.32. The first-order chi connectivity index (χ1) is 14.7. The van der Waals surface area contributed by atoms with E-state index in [0.717, 1.165) is 22.7 Å². The van der Waals surface area contributed by atoms with Crippen molar-refractivity contribution in [3.63, 3.8) is 0 Å². The summed E-state index contributed by atoms with van der Waals surface area (Å²) in [5.41, 5.74) is 3.24. The molecule has 0 aliphatic carbocycles. The van der Waals surface area contributed by atoms with Crippen molar-refractivity contribution in [2.24, 2.45) is 0 Å². The number of aryl methyl sites for hydroxylation is 1. The van der Waals surface area contributed by atoms with Gasteiger partial charge in [0.15, 0.2) is 11.0 Å². The van der Waals surface area contributed by atoms with Crippen LogP contribution in [0.15, 0.2) is 82.6 Å². The molecule has 2 heterocycles. The van der Waals surface area contributed by atoms with Crippen LogP contribution in [0.2, 0.25) is 0 Å². The van der Waals surface area contributed by atoms with Crippen LogP contribution in [0.1, 0.15) is 16.9 Å². The number of thioether (sulfide) groups is 1. The van der Waals surface area contributed by atoms with E-state index < -0.39 is 0 Å². The summed E-state index contributed by atoms with van der Waals surface area (Å²) < 4.78 is 7.49. The Labute approximate surface area is 179 Å². The standard InChI is InChI=1S/C23H22N4O2S/c1-17-9-11-18(12-10-17)14-24-21(28)16-30-23-26-25-22(19-6-3-2-4-7-19)27(23)15-20-8-5-13-29-20/h2-13H,14-16H2,1H3,(H,24,28). The molecule has 0 saturated heterocycles. The van der Waals surface area contributed by atoms with Gasteiger partial charge >= 0.3 is 0 Å². The number of amides is 1. The number of aromatic nitrogens is 3. The zero-order valence-electron chi connectivity index (χ0n) is 16.6. The number of benzene rings is 2. The molecule has 0 spiro atoms. The van der Waals surface area contributed by atoms with Crippen LogP contribution >= 0.6 is 11.8 Å². The summed E-state index contributed by atoms with van der Waals surface area (Å²) in [4.78, 5) is 12.4. The maximum atomic E-state index is 12.4. The smallest absolute Gasteiger partial charge is 0.230 e. The van der Waals surface area contributed by atoms with Crippen molar-refractivity contribution >= 4 is 17.7 Å². The fourth-order valence-electron chi connectivity index (χ4n) is 2.98. The molecule has 7 heteroatoms. The molecule has 0 aliphatic heterocycles. The first-order valence-electron chi connectivity index (χ1n) is 9.65. The average molecular weight is 419 g/mol. The Morgan fingerprint density at radius 3 is 2.57 bits per heavy atom. The summed E-state index contributed by atoms with van der Waals surface area (Å²) in [5.74, 6) is 1.76. The van der Waals surface area contributed by atoms with Gasteiger partial charge in [0, 0.05) is 12.1 Å². The highest BCUT2D eigenvalue weighted by atomic mass is 32.2. The first-order valence-corrected chi connectivity index (χ1v) is 10.6. The van der Waals surface area contributed by atoms with Gasteiger partial charge in [-0.05, 0) is 24.6 Å². The van der Waals surface area contributed by atoms with Gasteiger partial charge in [0.05, 0.1) is 18.6 Å². The number of nitrogens with one attached hydrogen (secondary N) is 1. The van der Waals surface area contributed by atoms with E-state index in [2.05, 4.69) is 15.5 Å². The summed E-state index contributed by atoms with van der Waals surface area (Å²) in [5, 5.41) is 12.3.